The van der Waals surface area contributed by atoms with Crippen LogP contribution in [0.15, 0.2) is 78.7 Å². The summed E-state index contributed by atoms with van der Waals surface area (Å²) in [5.41, 5.74) is 3.28. The Labute approximate surface area is 200 Å². The molecule has 3 aromatic rings. The number of nitrogens with one attached hydrogen (secondary N) is 1. The third kappa shape index (κ3) is 6.09. The summed E-state index contributed by atoms with van der Waals surface area (Å²) in [5.74, 6) is 1.28. The molecule has 1 N–H and O–H groups in total. The molecular formula is C27H31N5S. The summed E-state index contributed by atoms with van der Waals surface area (Å²) in [7, 11) is 1.80. The first-order valence-corrected chi connectivity index (χ1v) is 12.1. The Morgan fingerprint density at radius 3 is 2.67 bits per heavy atom. The van der Waals surface area contributed by atoms with E-state index in [1.807, 2.05) is 25.4 Å². The van der Waals surface area contributed by atoms with Crippen LogP contribution >= 0.6 is 11.8 Å². The van der Waals surface area contributed by atoms with Crippen molar-refractivity contribution in [2.45, 2.75) is 26.3 Å². The summed E-state index contributed by atoms with van der Waals surface area (Å²) in [6, 6.07) is 14.6. The molecule has 0 amide bonds. The molecule has 33 heavy (non-hydrogen) atoms. The Morgan fingerprint density at radius 2 is 1.94 bits per heavy atom. The van der Waals surface area contributed by atoms with Crippen molar-refractivity contribution in [2.75, 3.05) is 25.5 Å². The highest BCUT2D eigenvalue weighted by Crippen LogP contribution is 2.30. The smallest absolute Gasteiger partial charge is 0.130 e. The Kier molecular flexibility index (Phi) is 7.57. The summed E-state index contributed by atoms with van der Waals surface area (Å²) in [5, 5.41) is 6.72. The molecule has 1 fully saturated rings. The monoisotopic (exact) mass is 457 g/mol. The Morgan fingerprint density at radius 1 is 1.12 bits per heavy atom. The molecule has 0 aliphatic carbocycles. The number of aromatic nitrogens is 2. The summed E-state index contributed by atoms with van der Waals surface area (Å²) < 4.78 is 0. The van der Waals surface area contributed by atoms with Crippen LogP contribution in [0, 0.1) is 5.92 Å². The van der Waals surface area contributed by atoms with Crippen molar-refractivity contribution < 1.29 is 0 Å². The van der Waals surface area contributed by atoms with Gasteiger partial charge in [-0.15, -0.1) is 0 Å². The number of thioether (sulfide) groups is 1. The minimum absolute atomic E-state index is 0.446. The molecule has 0 radical (unpaired) electrons. The Balaban J connectivity index is 1.37. The number of hydrogen-bond donors (Lipinski definition) is 1. The number of hydrogen-bond acceptors (Lipinski definition) is 6. The number of piperidine rings is 1. The lowest BCUT2D eigenvalue weighted by molar-refractivity contribution is 0.190. The standard InChI is InChI=1S/C27H31N5S/c1-19(22-10-13-32(14-11-22)18-26-7-5-6-12-29-26)31-27-16-25-15-23(8-9-24(25)17-30-27)20(2)33-21(3)28-4/h5-9,12,15-17,22H,1-2,10-11,13-14,18H2,3-4H3,(H,30,31)/b28-21-. The summed E-state index contributed by atoms with van der Waals surface area (Å²) in [4.78, 5) is 16.7. The minimum Gasteiger partial charge on any atom is -0.344 e. The molecule has 0 spiro atoms. The molecule has 170 valence electrons. The van der Waals surface area contributed by atoms with Crippen LogP contribution in [-0.4, -0.2) is 40.0 Å². The van der Waals surface area contributed by atoms with Crippen LogP contribution in [0.1, 0.15) is 31.0 Å². The number of pyridine rings is 2. The molecule has 0 saturated carbocycles. The summed E-state index contributed by atoms with van der Waals surface area (Å²) in [6.45, 7) is 13.6. The van der Waals surface area contributed by atoms with Crippen LogP contribution in [0.4, 0.5) is 5.82 Å². The van der Waals surface area contributed by atoms with E-state index in [0.717, 1.165) is 76.0 Å². The molecule has 4 rings (SSSR count). The average Bonchev–Trinajstić information content (AvgIpc) is 2.84. The number of likely N-dealkylation sites (tertiary alicyclic amines) is 1. The second-order valence-electron chi connectivity index (χ2n) is 8.42. The van der Waals surface area contributed by atoms with Gasteiger partial charge < -0.3 is 5.32 Å². The lowest BCUT2D eigenvalue weighted by atomic mass is 9.94. The van der Waals surface area contributed by atoms with E-state index in [0.29, 0.717) is 5.92 Å². The second kappa shape index (κ2) is 10.8. The molecule has 1 aliphatic heterocycles. The van der Waals surface area contributed by atoms with E-state index in [1.54, 1.807) is 18.8 Å². The molecule has 1 aliphatic rings. The van der Waals surface area contributed by atoms with Crippen molar-refractivity contribution in [3.63, 3.8) is 0 Å². The van der Waals surface area contributed by atoms with E-state index in [1.165, 1.54) is 0 Å². The highest BCUT2D eigenvalue weighted by Gasteiger charge is 2.22. The molecule has 5 nitrogen and oxygen atoms in total. The van der Waals surface area contributed by atoms with Crippen molar-refractivity contribution in [2.24, 2.45) is 10.9 Å². The highest BCUT2D eigenvalue weighted by atomic mass is 32.2. The summed E-state index contributed by atoms with van der Waals surface area (Å²) >= 11 is 1.60. The molecule has 3 heterocycles. The van der Waals surface area contributed by atoms with Crippen LogP contribution in [0.25, 0.3) is 15.7 Å². The molecule has 6 heteroatoms. The molecule has 0 atom stereocenters. The number of allylic oxidation sites excluding steroid dienone is 1. The van der Waals surface area contributed by atoms with Gasteiger partial charge in [0.05, 0.1) is 10.7 Å². The van der Waals surface area contributed by atoms with Gasteiger partial charge in [-0.2, -0.15) is 0 Å². The summed E-state index contributed by atoms with van der Waals surface area (Å²) in [6.07, 6.45) is 5.96. The predicted octanol–water partition coefficient (Wildman–Crippen LogP) is 6.22. The van der Waals surface area contributed by atoms with Crippen molar-refractivity contribution in [3.05, 3.63) is 85.0 Å². The molecule has 0 unspecified atom stereocenters. The third-order valence-electron chi connectivity index (χ3n) is 6.11. The van der Waals surface area contributed by atoms with Gasteiger partial charge in [0.15, 0.2) is 0 Å². The number of aliphatic imine (C=N–C) groups is 1. The van der Waals surface area contributed by atoms with E-state index in [-0.39, 0.29) is 0 Å². The van der Waals surface area contributed by atoms with Crippen molar-refractivity contribution >= 4 is 38.3 Å². The van der Waals surface area contributed by atoms with Crippen molar-refractivity contribution in [1.29, 1.82) is 0 Å². The van der Waals surface area contributed by atoms with Crippen LogP contribution in [-0.2, 0) is 6.54 Å². The van der Waals surface area contributed by atoms with Gasteiger partial charge in [-0.3, -0.25) is 14.9 Å². The van der Waals surface area contributed by atoms with Gasteiger partial charge in [0.2, 0.25) is 0 Å². The number of fused-ring (bicyclic) bond motifs is 1. The Bertz CT molecular complexity index is 1160. The maximum absolute atomic E-state index is 4.61. The first-order valence-electron chi connectivity index (χ1n) is 11.3. The second-order valence-corrected chi connectivity index (χ2v) is 9.71. The molecule has 0 bridgehead atoms. The third-order valence-corrected chi connectivity index (χ3v) is 7.07. The van der Waals surface area contributed by atoms with E-state index >= 15 is 0 Å². The van der Waals surface area contributed by atoms with Crippen molar-refractivity contribution in [3.8, 4) is 0 Å². The fourth-order valence-electron chi connectivity index (χ4n) is 4.09. The average molecular weight is 458 g/mol. The molecule has 1 aromatic carbocycles. The van der Waals surface area contributed by atoms with E-state index < -0.39 is 0 Å². The number of rotatable bonds is 7. The zero-order valence-electron chi connectivity index (χ0n) is 19.4. The maximum atomic E-state index is 4.61. The largest absolute Gasteiger partial charge is 0.344 e. The SMILES string of the molecule is C=C(S/C(C)=N\C)c1ccc2cnc(NC(=C)C3CCN(Cc4ccccn4)CC3)cc2c1. The zero-order chi connectivity index (χ0) is 23.2. The number of benzene rings is 1. The van der Waals surface area contributed by atoms with Crippen molar-refractivity contribution in [1.82, 2.24) is 14.9 Å². The van der Waals surface area contributed by atoms with Crippen LogP contribution in [0.5, 0.6) is 0 Å². The first kappa shape index (κ1) is 23.2. The van der Waals surface area contributed by atoms with E-state index in [9.17, 15) is 0 Å². The van der Waals surface area contributed by atoms with Gasteiger partial charge in [0.1, 0.15) is 5.82 Å². The number of anilines is 1. The van der Waals surface area contributed by atoms with E-state index in [4.69, 9.17) is 0 Å². The lowest BCUT2D eigenvalue weighted by Crippen LogP contribution is -2.34. The fourth-order valence-corrected chi connectivity index (χ4v) is 4.79. The predicted molar refractivity (Wildman–Crippen MR) is 142 cm³/mol. The van der Waals surface area contributed by atoms with Gasteiger partial charge in [0.25, 0.3) is 0 Å². The highest BCUT2D eigenvalue weighted by molar-refractivity contribution is 8.21. The maximum Gasteiger partial charge on any atom is 0.130 e. The fraction of sp³-hybridized carbons (Fsp3) is 0.296. The van der Waals surface area contributed by atoms with Gasteiger partial charge >= 0.3 is 0 Å². The van der Waals surface area contributed by atoms with Gasteiger partial charge in [-0.1, -0.05) is 43.1 Å². The number of nitrogens with zero attached hydrogens (tertiary/aromatic N) is 4. The van der Waals surface area contributed by atoms with Gasteiger partial charge in [-0.25, -0.2) is 4.98 Å². The van der Waals surface area contributed by atoms with Gasteiger partial charge in [0, 0.05) is 47.9 Å². The quantitative estimate of drug-likeness (QED) is 0.337. The molecule has 1 saturated heterocycles. The molecular weight excluding hydrogens is 426 g/mol. The Hall–Kier alpha value is -2.96. The first-order chi connectivity index (χ1) is 16.0. The lowest BCUT2D eigenvalue weighted by Gasteiger charge is -2.32. The van der Waals surface area contributed by atoms with Crippen LogP contribution in [0.3, 0.4) is 0 Å². The zero-order valence-corrected chi connectivity index (χ0v) is 20.2. The van der Waals surface area contributed by atoms with E-state index in [2.05, 4.69) is 74.7 Å². The minimum atomic E-state index is 0.446. The van der Waals surface area contributed by atoms with Crippen LogP contribution in [0.2, 0.25) is 0 Å². The van der Waals surface area contributed by atoms with Crippen LogP contribution < -0.4 is 5.32 Å². The topological polar surface area (TPSA) is 53.4 Å². The normalized spacial score (nSPS) is 15.5. The van der Waals surface area contributed by atoms with Gasteiger partial charge in [-0.05, 0) is 68.1 Å². The molecule has 2 aromatic heterocycles.